The smallest absolute Gasteiger partial charge is 0.237 e. The molecule has 0 aliphatic rings. The number of amides is 1. The normalized spacial score (nSPS) is 14.3. The van der Waals surface area contributed by atoms with Crippen molar-refractivity contribution in [2.75, 3.05) is 12.8 Å². The van der Waals surface area contributed by atoms with E-state index in [-0.39, 0.29) is 5.91 Å². The first-order valence-electron chi connectivity index (χ1n) is 6.46. The molecule has 0 spiro atoms. The Morgan fingerprint density at radius 3 is 2.79 bits per heavy atom. The number of nitrogens with two attached hydrogens (primary N) is 1. The number of hydrogen-bond donors (Lipinski definition) is 2. The Labute approximate surface area is 122 Å². The summed E-state index contributed by atoms with van der Waals surface area (Å²) < 4.78 is 5.28. The Balaban J connectivity index is 2.22. The van der Waals surface area contributed by atoms with Crippen molar-refractivity contribution in [3.05, 3.63) is 5.82 Å². The predicted molar refractivity (Wildman–Crippen MR) is 80.5 cm³/mol. The van der Waals surface area contributed by atoms with Crippen LogP contribution in [-0.2, 0) is 11.2 Å². The number of rotatable bonds is 9. The average molecular weight is 302 g/mol. The molecule has 5 nitrogen and oxygen atoms in total. The number of likely N-dealkylation sites (N-methyl/N-ethyl adjacent to an activating group) is 1. The van der Waals surface area contributed by atoms with E-state index < -0.39 is 5.54 Å². The Hall–Kier alpha value is -0.660. The second-order valence-corrected chi connectivity index (χ2v) is 6.68. The molecule has 7 heteroatoms. The van der Waals surface area contributed by atoms with E-state index in [9.17, 15) is 4.79 Å². The molecule has 1 amide bonds. The van der Waals surface area contributed by atoms with Crippen molar-refractivity contribution in [1.82, 2.24) is 14.7 Å². The highest BCUT2D eigenvalue weighted by atomic mass is 32.2. The third-order valence-corrected chi connectivity index (χ3v) is 5.12. The molecule has 0 saturated heterocycles. The SMILES string of the molecule is CCc1nsc(SCCCCC(C)(NC)C(N)=O)n1. The third-order valence-electron chi connectivity index (χ3n) is 3.16. The summed E-state index contributed by atoms with van der Waals surface area (Å²) >= 11 is 3.19. The molecule has 0 bridgehead atoms. The van der Waals surface area contributed by atoms with E-state index in [2.05, 4.69) is 21.6 Å². The van der Waals surface area contributed by atoms with Crippen molar-refractivity contribution in [1.29, 1.82) is 0 Å². The van der Waals surface area contributed by atoms with E-state index >= 15 is 0 Å². The standard InChI is InChI=1S/C12H22N4OS2/c1-4-9-15-11(19-16-9)18-8-6-5-7-12(2,14-3)10(13)17/h14H,4-8H2,1-3H3,(H2,13,17). The van der Waals surface area contributed by atoms with Crippen LogP contribution >= 0.6 is 23.3 Å². The van der Waals surface area contributed by atoms with E-state index in [0.29, 0.717) is 0 Å². The van der Waals surface area contributed by atoms with E-state index in [0.717, 1.165) is 41.6 Å². The van der Waals surface area contributed by atoms with Crippen LogP contribution in [0.4, 0.5) is 0 Å². The lowest BCUT2D eigenvalue weighted by Gasteiger charge is -2.25. The van der Waals surface area contributed by atoms with Crippen LogP contribution in [0.5, 0.6) is 0 Å². The Morgan fingerprint density at radius 2 is 2.26 bits per heavy atom. The Bertz CT molecular complexity index is 410. The van der Waals surface area contributed by atoms with Gasteiger partial charge >= 0.3 is 0 Å². The van der Waals surface area contributed by atoms with Crippen LogP contribution in [-0.4, -0.2) is 33.6 Å². The zero-order chi connectivity index (χ0) is 14.3. The molecule has 0 saturated carbocycles. The number of carbonyl (C=O) groups excluding carboxylic acids is 1. The van der Waals surface area contributed by atoms with E-state index in [4.69, 9.17) is 5.73 Å². The summed E-state index contributed by atoms with van der Waals surface area (Å²) in [6.45, 7) is 3.90. The minimum atomic E-state index is -0.594. The summed E-state index contributed by atoms with van der Waals surface area (Å²) in [7, 11) is 1.77. The lowest BCUT2D eigenvalue weighted by Crippen LogP contribution is -2.51. The number of unbranched alkanes of at least 4 members (excludes halogenated alkanes) is 1. The van der Waals surface area contributed by atoms with Crippen LogP contribution in [0, 0.1) is 0 Å². The summed E-state index contributed by atoms with van der Waals surface area (Å²) in [4.78, 5) is 15.7. The molecule has 108 valence electrons. The molecule has 1 rings (SSSR count). The molecule has 1 heterocycles. The second kappa shape index (κ2) is 7.81. The van der Waals surface area contributed by atoms with Crippen LogP contribution in [0.3, 0.4) is 0 Å². The molecule has 0 fully saturated rings. The molecule has 1 atom stereocenters. The molecular weight excluding hydrogens is 280 g/mol. The lowest BCUT2D eigenvalue weighted by atomic mass is 9.94. The minimum absolute atomic E-state index is 0.292. The minimum Gasteiger partial charge on any atom is -0.368 e. The maximum absolute atomic E-state index is 11.3. The van der Waals surface area contributed by atoms with Gasteiger partial charge in [0.2, 0.25) is 5.91 Å². The number of thioether (sulfide) groups is 1. The van der Waals surface area contributed by atoms with Gasteiger partial charge < -0.3 is 11.1 Å². The molecule has 0 aliphatic heterocycles. The van der Waals surface area contributed by atoms with Gasteiger partial charge in [0.25, 0.3) is 0 Å². The first-order valence-corrected chi connectivity index (χ1v) is 8.22. The van der Waals surface area contributed by atoms with Gasteiger partial charge in [-0.05, 0) is 38.3 Å². The highest BCUT2D eigenvalue weighted by Crippen LogP contribution is 2.22. The highest BCUT2D eigenvalue weighted by molar-refractivity contribution is 8.00. The fraction of sp³-hybridized carbons (Fsp3) is 0.750. The monoisotopic (exact) mass is 302 g/mol. The average Bonchev–Trinajstić information content (AvgIpc) is 2.85. The van der Waals surface area contributed by atoms with Gasteiger partial charge in [0.1, 0.15) is 5.82 Å². The van der Waals surface area contributed by atoms with Crippen LogP contribution in [0.15, 0.2) is 4.34 Å². The summed E-state index contributed by atoms with van der Waals surface area (Å²) in [6.07, 6.45) is 3.65. The van der Waals surface area contributed by atoms with Crippen molar-refractivity contribution < 1.29 is 4.79 Å². The van der Waals surface area contributed by atoms with Gasteiger partial charge in [-0.1, -0.05) is 25.1 Å². The molecular formula is C12H22N4OS2. The first-order chi connectivity index (χ1) is 9.01. The van der Waals surface area contributed by atoms with Crippen LogP contribution in [0.1, 0.15) is 38.9 Å². The predicted octanol–water partition coefficient (Wildman–Crippen LogP) is 1.83. The van der Waals surface area contributed by atoms with Crippen LogP contribution < -0.4 is 11.1 Å². The fourth-order valence-corrected chi connectivity index (χ4v) is 3.32. The second-order valence-electron chi connectivity index (χ2n) is 4.58. The maximum atomic E-state index is 11.3. The zero-order valence-electron chi connectivity index (χ0n) is 11.7. The molecule has 1 aromatic rings. The number of carbonyl (C=O) groups is 1. The van der Waals surface area contributed by atoms with Crippen molar-refractivity contribution in [3.63, 3.8) is 0 Å². The van der Waals surface area contributed by atoms with Crippen molar-refractivity contribution in [3.8, 4) is 0 Å². The zero-order valence-corrected chi connectivity index (χ0v) is 13.4. The topological polar surface area (TPSA) is 80.9 Å². The Kier molecular flexibility index (Phi) is 6.74. The highest BCUT2D eigenvalue weighted by Gasteiger charge is 2.27. The van der Waals surface area contributed by atoms with Gasteiger partial charge in [-0.3, -0.25) is 4.79 Å². The van der Waals surface area contributed by atoms with E-state index in [1.165, 1.54) is 11.5 Å². The summed E-state index contributed by atoms with van der Waals surface area (Å²) in [5, 5.41) is 3.00. The van der Waals surface area contributed by atoms with Crippen molar-refractivity contribution in [2.45, 2.75) is 49.4 Å². The van der Waals surface area contributed by atoms with E-state index in [1.54, 1.807) is 18.8 Å². The molecule has 3 N–H and O–H groups in total. The van der Waals surface area contributed by atoms with Crippen molar-refractivity contribution >= 4 is 29.2 Å². The van der Waals surface area contributed by atoms with Crippen LogP contribution in [0.25, 0.3) is 0 Å². The Morgan fingerprint density at radius 1 is 1.53 bits per heavy atom. The van der Waals surface area contributed by atoms with Gasteiger partial charge in [0.05, 0.1) is 5.54 Å². The summed E-state index contributed by atoms with van der Waals surface area (Å²) in [6, 6.07) is 0. The number of aromatic nitrogens is 2. The van der Waals surface area contributed by atoms with Gasteiger partial charge in [-0.2, -0.15) is 4.37 Å². The molecule has 19 heavy (non-hydrogen) atoms. The molecule has 0 aromatic carbocycles. The molecule has 0 aliphatic carbocycles. The first kappa shape index (κ1) is 16.4. The van der Waals surface area contributed by atoms with E-state index in [1.807, 2.05) is 6.92 Å². The maximum Gasteiger partial charge on any atom is 0.237 e. The number of primary amides is 1. The largest absolute Gasteiger partial charge is 0.368 e. The molecule has 0 radical (unpaired) electrons. The summed E-state index contributed by atoms with van der Waals surface area (Å²) in [5.74, 6) is 1.63. The van der Waals surface area contributed by atoms with Gasteiger partial charge in [-0.25, -0.2) is 4.98 Å². The quantitative estimate of drug-likeness (QED) is 0.537. The number of aryl methyl sites for hydroxylation is 1. The molecule has 1 aromatic heterocycles. The number of hydrogen-bond acceptors (Lipinski definition) is 6. The van der Waals surface area contributed by atoms with Gasteiger partial charge in [0.15, 0.2) is 4.34 Å². The van der Waals surface area contributed by atoms with Gasteiger partial charge in [-0.15, -0.1) is 0 Å². The number of nitrogens with zero attached hydrogens (tertiary/aromatic N) is 2. The number of nitrogens with one attached hydrogen (secondary N) is 1. The van der Waals surface area contributed by atoms with Crippen LogP contribution in [0.2, 0.25) is 0 Å². The third kappa shape index (κ3) is 5.08. The van der Waals surface area contributed by atoms with Gasteiger partial charge in [0, 0.05) is 12.2 Å². The van der Waals surface area contributed by atoms with Crippen molar-refractivity contribution in [2.24, 2.45) is 5.73 Å². The summed E-state index contributed by atoms with van der Waals surface area (Å²) in [5.41, 5.74) is 4.79. The lowest BCUT2D eigenvalue weighted by molar-refractivity contribution is -0.123. The fourth-order valence-electron chi connectivity index (χ4n) is 1.55. The molecule has 1 unspecified atom stereocenters.